The first kappa shape index (κ1) is 13.8. The average molecular weight is 258 g/mol. The molecule has 1 aliphatic rings. The van der Waals surface area contributed by atoms with Crippen molar-refractivity contribution in [3.8, 4) is 6.07 Å². The van der Waals surface area contributed by atoms with E-state index in [2.05, 4.69) is 20.9 Å². The van der Waals surface area contributed by atoms with Gasteiger partial charge in [0.2, 0.25) is 0 Å². The van der Waals surface area contributed by atoms with Gasteiger partial charge < -0.3 is 9.80 Å². The summed E-state index contributed by atoms with van der Waals surface area (Å²) in [7, 11) is 2.02. The van der Waals surface area contributed by atoms with E-state index in [0.717, 1.165) is 30.2 Å². The topological polar surface area (TPSA) is 43.2 Å². The van der Waals surface area contributed by atoms with E-state index in [0.29, 0.717) is 5.56 Å². The van der Waals surface area contributed by atoms with Crippen LogP contribution >= 0.6 is 0 Å². The van der Waals surface area contributed by atoms with Crippen LogP contribution < -0.4 is 4.90 Å². The van der Waals surface area contributed by atoms with E-state index in [1.54, 1.807) is 0 Å². The Balaban J connectivity index is 2.07. The maximum Gasteiger partial charge on any atom is 0.146 e. The number of aromatic nitrogens is 1. The molecule has 1 aliphatic heterocycles. The van der Waals surface area contributed by atoms with Crippen molar-refractivity contribution < 1.29 is 0 Å². The Morgan fingerprint density at radius 3 is 2.68 bits per heavy atom. The van der Waals surface area contributed by atoms with Gasteiger partial charge in [-0.3, -0.25) is 0 Å². The van der Waals surface area contributed by atoms with Crippen molar-refractivity contribution in [3.63, 3.8) is 0 Å². The molecule has 0 atom stereocenters. The maximum atomic E-state index is 9.24. The van der Waals surface area contributed by atoms with E-state index in [4.69, 9.17) is 0 Å². The number of likely N-dealkylation sites (tertiary alicyclic amines) is 1. The van der Waals surface area contributed by atoms with Gasteiger partial charge in [0, 0.05) is 25.8 Å². The standard InChI is InChI=1S/C15H22N4/c1-12-10-14(11-16)15(17-13(12)2)18(3)8-9-19-6-4-5-7-19/h10H,4-9H2,1-3H3. The molecule has 0 bridgehead atoms. The van der Waals surface area contributed by atoms with Crippen LogP contribution in [0.3, 0.4) is 0 Å². The third-order valence-corrected chi connectivity index (χ3v) is 3.88. The zero-order valence-corrected chi connectivity index (χ0v) is 12.1. The number of likely N-dealkylation sites (N-methyl/N-ethyl adjacent to an activating group) is 1. The molecule has 4 heteroatoms. The summed E-state index contributed by atoms with van der Waals surface area (Å²) in [5.74, 6) is 0.810. The van der Waals surface area contributed by atoms with Crippen LogP contribution in [0.1, 0.15) is 29.7 Å². The Bertz CT molecular complexity index is 484. The smallest absolute Gasteiger partial charge is 0.146 e. The molecule has 0 aliphatic carbocycles. The van der Waals surface area contributed by atoms with Crippen LogP contribution in [-0.4, -0.2) is 43.1 Å². The second kappa shape index (κ2) is 6.03. The van der Waals surface area contributed by atoms with E-state index in [9.17, 15) is 5.26 Å². The van der Waals surface area contributed by atoms with Crippen molar-refractivity contribution in [2.45, 2.75) is 26.7 Å². The fraction of sp³-hybridized carbons (Fsp3) is 0.600. The van der Waals surface area contributed by atoms with Crippen LogP contribution in [0.2, 0.25) is 0 Å². The molecule has 1 saturated heterocycles. The molecule has 0 amide bonds. The van der Waals surface area contributed by atoms with Gasteiger partial charge in [-0.05, 0) is 51.4 Å². The van der Waals surface area contributed by atoms with Crippen LogP contribution in [0.15, 0.2) is 6.07 Å². The first-order chi connectivity index (χ1) is 9.11. The SMILES string of the molecule is Cc1cc(C#N)c(N(C)CCN2CCCC2)nc1C. The molecule has 1 aromatic heterocycles. The zero-order chi connectivity index (χ0) is 13.8. The third kappa shape index (κ3) is 3.24. The summed E-state index contributed by atoms with van der Waals surface area (Å²) in [4.78, 5) is 9.15. The molecule has 102 valence electrons. The number of nitriles is 1. The summed E-state index contributed by atoms with van der Waals surface area (Å²) in [6.45, 7) is 8.38. The molecule has 0 aromatic carbocycles. The van der Waals surface area contributed by atoms with Gasteiger partial charge in [0.25, 0.3) is 0 Å². The van der Waals surface area contributed by atoms with Crippen LogP contribution in [-0.2, 0) is 0 Å². The Labute approximate surface area is 115 Å². The lowest BCUT2D eigenvalue weighted by Gasteiger charge is -2.23. The third-order valence-electron chi connectivity index (χ3n) is 3.88. The normalized spacial score (nSPS) is 15.5. The maximum absolute atomic E-state index is 9.24. The van der Waals surface area contributed by atoms with E-state index in [1.165, 1.54) is 25.9 Å². The first-order valence-corrected chi connectivity index (χ1v) is 6.93. The highest BCUT2D eigenvalue weighted by Gasteiger charge is 2.15. The van der Waals surface area contributed by atoms with E-state index in [-0.39, 0.29) is 0 Å². The van der Waals surface area contributed by atoms with Gasteiger partial charge in [-0.2, -0.15) is 5.26 Å². The molecule has 0 N–H and O–H groups in total. The number of hydrogen-bond donors (Lipinski definition) is 0. The number of rotatable bonds is 4. The van der Waals surface area contributed by atoms with Gasteiger partial charge in [0.05, 0.1) is 5.56 Å². The molecular weight excluding hydrogens is 236 g/mol. The van der Waals surface area contributed by atoms with Gasteiger partial charge in [0.15, 0.2) is 0 Å². The number of anilines is 1. The molecule has 0 spiro atoms. The highest BCUT2D eigenvalue weighted by molar-refractivity contribution is 5.55. The molecule has 19 heavy (non-hydrogen) atoms. The number of hydrogen-bond acceptors (Lipinski definition) is 4. The summed E-state index contributed by atoms with van der Waals surface area (Å²) >= 11 is 0. The molecule has 0 unspecified atom stereocenters. The number of pyridine rings is 1. The van der Waals surface area contributed by atoms with Gasteiger partial charge >= 0.3 is 0 Å². The summed E-state index contributed by atoms with van der Waals surface area (Å²) < 4.78 is 0. The highest BCUT2D eigenvalue weighted by Crippen LogP contribution is 2.19. The van der Waals surface area contributed by atoms with E-state index in [1.807, 2.05) is 27.0 Å². The lowest BCUT2D eigenvalue weighted by atomic mass is 10.1. The van der Waals surface area contributed by atoms with Gasteiger partial charge in [-0.1, -0.05) is 0 Å². The molecule has 2 heterocycles. The Morgan fingerprint density at radius 1 is 1.37 bits per heavy atom. The van der Waals surface area contributed by atoms with E-state index >= 15 is 0 Å². The fourth-order valence-corrected chi connectivity index (χ4v) is 2.47. The Hall–Kier alpha value is -1.60. The average Bonchev–Trinajstić information content (AvgIpc) is 2.91. The summed E-state index contributed by atoms with van der Waals surface area (Å²) in [5.41, 5.74) is 2.75. The minimum absolute atomic E-state index is 0.673. The van der Waals surface area contributed by atoms with Crippen molar-refractivity contribution in [1.82, 2.24) is 9.88 Å². The monoisotopic (exact) mass is 258 g/mol. The minimum atomic E-state index is 0.673. The highest BCUT2D eigenvalue weighted by atomic mass is 15.2. The second-order valence-electron chi connectivity index (χ2n) is 5.34. The molecule has 1 aromatic rings. The predicted molar refractivity (Wildman–Crippen MR) is 77.4 cm³/mol. The van der Waals surface area contributed by atoms with Crippen molar-refractivity contribution in [3.05, 3.63) is 22.9 Å². The largest absolute Gasteiger partial charge is 0.357 e. The Morgan fingerprint density at radius 2 is 2.05 bits per heavy atom. The van der Waals surface area contributed by atoms with Gasteiger partial charge in [0.1, 0.15) is 11.9 Å². The zero-order valence-electron chi connectivity index (χ0n) is 12.1. The van der Waals surface area contributed by atoms with Crippen LogP contribution in [0.4, 0.5) is 5.82 Å². The predicted octanol–water partition coefficient (Wildman–Crippen LogP) is 2.10. The van der Waals surface area contributed by atoms with Crippen molar-refractivity contribution in [2.75, 3.05) is 38.1 Å². The summed E-state index contributed by atoms with van der Waals surface area (Å²) in [6, 6.07) is 4.19. The lowest BCUT2D eigenvalue weighted by molar-refractivity contribution is 0.346. The van der Waals surface area contributed by atoms with Crippen molar-refractivity contribution in [2.24, 2.45) is 0 Å². The second-order valence-corrected chi connectivity index (χ2v) is 5.34. The lowest BCUT2D eigenvalue weighted by Crippen LogP contribution is -2.32. The molecule has 4 nitrogen and oxygen atoms in total. The first-order valence-electron chi connectivity index (χ1n) is 6.93. The molecule has 2 rings (SSSR count). The quantitative estimate of drug-likeness (QED) is 0.829. The van der Waals surface area contributed by atoms with Crippen molar-refractivity contribution in [1.29, 1.82) is 5.26 Å². The number of nitrogens with zero attached hydrogens (tertiary/aromatic N) is 4. The van der Waals surface area contributed by atoms with E-state index < -0.39 is 0 Å². The minimum Gasteiger partial charge on any atom is -0.357 e. The summed E-state index contributed by atoms with van der Waals surface area (Å²) in [5, 5.41) is 9.24. The van der Waals surface area contributed by atoms with Gasteiger partial charge in [-0.15, -0.1) is 0 Å². The number of aryl methyl sites for hydroxylation is 2. The molecule has 0 radical (unpaired) electrons. The van der Waals surface area contributed by atoms with Crippen LogP contribution in [0.25, 0.3) is 0 Å². The molecule has 0 saturated carbocycles. The summed E-state index contributed by atoms with van der Waals surface area (Å²) in [6.07, 6.45) is 2.63. The Kier molecular flexibility index (Phi) is 4.39. The van der Waals surface area contributed by atoms with Crippen LogP contribution in [0, 0.1) is 25.2 Å². The van der Waals surface area contributed by atoms with Gasteiger partial charge in [-0.25, -0.2) is 4.98 Å². The fourth-order valence-electron chi connectivity index (χ4n) is 2.47. The van der Waals surface area contributed by atoms with Crippen LogP contribution in [0.5, 0.6) is 0 Å². The van der Waals surface area contributed by atoms with Crippen molar-refractivity contribution >= 4 is 5.82 Å². The molecular formula is C15H22N4. The molecule has 1 fully saturated rings.